The third-order valence-electron chi connectivity index (χ3n) is 2.94. The Bertz CT molecular complexity index is 360. The summed E-state index contributed by atoms with van der Waals surface area (Å²) in [5, 5.41) is 8.70. The molecule has 0 saturated carbocycles. The number of hydrogen-bond acceptors (Lipinski definition) is 4. The van der Waals surface area contributed by atoms with E-state index in [1.807, 2.05) is 5.38 Å². The number of H-pyrrole nitrogens is 1. The van der Waals surface area contributed by atoms with E-state index in [1.54, 1.807) is 0 Å². The normalized spacial score (nSPS) is 25.9. The first-order valence-corrected chi connectivity index (χ1v) is 6.24. The molecule has 2 unspecified atom stereocenters. The molecule has 0 spiro atoms. The predicted molar refractivity (Wildman–Crippen MR) is 62.2 cm³/mol. The zero-order valence-corrected chi connectivity index (χ0v) is 9.69. The van der Waals surface area contributed by atoms with Crippen molar-refractivity contribution in [2.75, 3.05) is 13.1 Å². The van der Waals surface area contributed by atoms with Gasteiger partial charge in [-0.2, -0.15) is 0 Å². The van der Waals surface area contributed by atoms with E-state index in [1.165, 1.54) is 17.8 Å². The number of rotatable bonds is 4. The lowest BCUT2D eigenvalue weighted by Crippen LogP contribution is -2.36. The summed E-state index contributed by atoms with van der Waals surface area (Å²) in [6.45, 7) is 5.13. The fourth-order valence-electron chi connectivity index (χ4n) is 1.93. The van der Waals surface area contributed by atoms with Crippen molar-refractivity contribution in [3.63, 3.8) is 0 Å². The highest BCUT2D eigenvalue weighted by Gasteiger charge is 2.21. The molecule has 0 aliphatic carbocycles. The maximum atomic E-state index is 10.9. The smallest absolute Gasteiger partial charge is 0.304 e. The Morgan fingerprint density at radius 3 is 3.13 bits per heavy atom. The largest absolute Gasteiger partial charge is 0.315 e. The fraction of sp³-hybridized carbons (Fsp3) is 0.700. The van der Waals surface area contributed by atoms with Crippen LogP contribution in [0.5, 0.6) is 0 Å². The van der Waals surface area contributed by atoms with Crippen LogP contribution in [0.1, 0.15) is 19.0 Å². The summed E-state index contributed by atoms with van der Waals surface area (Å²) < 4.78 is 0. The number of nitrogens with one attached hydrogen (secondary N) is 3. The molecule has 2 atom stereocenters. The average molecular weight is 227 g/mol. The van der Waals surface area contributed by atoms with Gasteiger partial charge in [0.15, 0.2) is 0 Å². The van der Waals surface area contributed by atoms with Gasteiger partial charge in [-0.15, -0.1) is 0 Å². The van der Waals surface area contributed by atoms with E-state index in [0.29, 0.717) is 6.04 Å². The second kappa shape index (κ2) is 4.92. The van der Waals surface area contributed by atoms with Crippen molar-refractivity contribution in [3.05, 3.63) is 20.7 Å². The van der Waals surface area contributed by atoms with Crippen LogP contribution in [0.15, 0.2) is 10.2 Å². The molecule has 4 nitrogen and oxygen atoms in total. The van der Waals surface area contributed by atoms with Crippen LogP contribution < -0.4 is 15.5 Å². The van der Waals surface area contributed by atoms with Crippen molar-refractivity contribution < 1.29 is 0 Å². The Kier molecular flexibility index (Phi) is 3.56. The van der Waals surface area contributed by atoms with Crippen LogP contribution >= 0.6 is 11.3 Å². The molecule has 1 aromatic heterocycles. The minimum Gasteiger partial charge on any atom is -0.315 e. The second-order valence-electron chi connectivity index (χ2n) is 4.13. The molecule has 84 valence electrons. The molecule has 1 aliphatic heterocycles. The predicted octanol–water partition coefficient (Wildman–Crippen LogP) is 0.524. The van der Waals surface area contributed by atoms with Crippen LogP contribution in [0.4, 0.5) is 0 Å². The molecule has 2 heterocycles. The van der Waals surface area contributed by atoms with Gasteiger partial charge in [-0.25, -0.2) is 0 Å². The molecule has 1 saturated heterocycles. The molecule has 0 aromatic carbocycles. The van der Waals surface area contributed by atoms with Crippen molar-refractivity contribution in [1.29, 1.82) is 0 Å². The summed E-state index contributed by atoms with van der Waals surface area (Å²) in [4.78, 5) is 13.7. The molecule has 1 aliphatic rings. The van der Waals surface area contributed by atoms with Crippen molar-refractivity contribution in [3.8, 4) is 0 Å². The van der Waals surface area contributed by atoms with E-state index < -0.39 is 0 Å². The molecule has 5 heteroatoms. The number of aromatic amines is 1. The van der Waals surface area contributed by atoms with Crippen LogP contribution in [0.2, 0.25) is 0 Å². The lowest BCUT2D eigenvalue weighted by molar-refractivity contribution is 0.447. The first-order valence-electron chi connectivity index (χ1n) is 5.36. The van der Waals surface area contributed by atoms with Crippen LogP contribution in [0, 0.1) is 5.92 Å². The third-order valence-corrected chi connectivity index (χ3v) is 3.66. The molecule has 0 radical (unpaired) electrons. The molecular weight excluding hydrogens is 210 g/mol. The van der Waals surface area contributed by atoms with Gasteiger partial charge in [0.05, 0.1) is 0 Å². The van der Waals surface area contributed by atoms with Crippen molar-refractivity contribution >= 4 is 11.3 Å². The van der Waals surface area contributed by atoms with Gasteiger partial charge in [0.1, 0.15) is 0 Å². The summed E-state index contributed by atoms with van der Waals surface area (Å²) in [7, 11) is 0. The Labute approximate surface area is 93.1 Å². The molecule has 2 rings (SSSR count). The average Bonchev–Trinajstić information content (AvgIpc) is 2.77. The maximum absolute atomic E-state index is 10.9. The first kappa shape index (κ1) is 10.9. The Balaban J connectivity index is 1.73. The quantitative estimate of drug-likeness (QED) is 0.703. The molecule has 0 bridgehead atoms. The lowest BCUT2D eigenvalue weighted by Gasteiger charge is -2.15. The highest BCUT2D eigenvalue weighted by Crippen LogP contribution is 2.13. The topological polar surface area (TPSA) is 56.9 Å². The van der Waals surface area contributed by atoms with Crippen molar-refractivity contribution in [1.82, 2.24) is 15.6 Å². The number of thiazole rings is 1. The van der Waals surface area contributed by atoms with E-state index >= 15 is 0 Å². The lowest BCUT2D eigenvalue weighted by atomic mass is 10.0. The van der Waals surface area contributed by atoms with Crippen LogP contribution in [-0.4, -0.2) is 24.1 Å². The zero-order valence-electron chi connectivity index (χ0n) is 8.88. The Hall–Kier alpha value is -0.650. The molecule has 15 heavy (non-hydrogen) atoms. The highest BCUT2D eigenvalue weighted by atomic mass is 32.1. The van der Waals surface area contributed by atoms with Crippen LogP contribution in [0.3, 0.4) is 0 Å². The van der Waals surface area contributed by atoms with E-state index in [0.717, 1.165) is 31.2 Å². The fourth-order valence-corrected chi connectivity index (χ4v) is 2.52. The van der Waals surface area contributed by atoms with Gasteiger partial charge >= 0.3 is 4.87 Å². The zero-order chi connectivity index (χ0) is 10.7. The van der Waals surface area contributed by atoms with Gasteiger partial charge in [-0.1, -0.05) is 18.3 Å². The minimum atomic E-state index is 0.0270. The minimum absolute atomic E-state index is 0.0270. The van der Waals surface area contributed by atoms with E-state index in [2.05, 4.69) is 22.5 Å². The number of hydrogen-bond donors (Lipinski definition) is 3. The Morgan fingerprint density at radius 1 is 1.67 bits per heavy atom. The summed E-state index contributed by atoms with van der Waals surface area (Å²) in [5.74, 6) is 0.749. The van der Waals surface area contributed by atoms with E-state index in [9.17, 15) is 4.79 Å². The van der Waals surface area contributed by atoms with Crippen LogP contribution in [-0.2, 0) is 6.54 Å². The maximum Gasteiger partial charge on any atom is 0.304 e. The summed E-state index contributed by atoms with van der Waals surface area (Å²) >= 11 is 1.22. The van der Waals surface area contributed by atoms with Gasteiger partial charge < -0.3 is 15.6 Å². The van der Waals surface area contributed by atoms with E-state index in [4.69, 9.17) is 0 Å². The molecule has 3 N–H and O–H groups in total. The SMILES string of the molecule is CC1CCNC1CNCc1csc(=O)[nH]1. The first-order chi connectivity index (χ1) is 7.25. The molecule has 0 amide bonds. The molecule has 1 aromatic rings. The molecular formula is C10H17N3OS. The standard InChI is InChI=1S/C10H17N3OS/c1-7-2-3-12-9(7)5-11-4-8-6-15-10(14)13-8/h6-7,9,11-12H,2-5H2,1H3,(H,13,14). The van der Waals surface area contributed by atoms with Gasteiger partial charge in [0.2, 0.25) is 0 Å². The summed E-state index contributed by atoms with van der Waals surface area (Å²) in [6, 6.07) is 0.579. The van der Waals surface area contributed by atoms with Crippen molar-refractivity contribution in [2.24, 2.45) is 5.92 Å². The van der Waals surface area contributed by atoms with Crippen molar-refractivity contribution in [2.45, 2.75) is 25.9 Å². The number of aromatic nitrogens is 1. The Morgan fingerprint density at radius 2 is 2.53 bits per heavy atom. The molecule has 1 fully saturated rings. The van der Waals surface area contributed by atoms with Gasteiger partial charge in [-0.3, -0.25) is 4.79 Å². The summed E-state index contributed by atoms with van der Waals surface area (Å²) in [5.41, 5.74) is 0.982. The van der Waals surface area contributed by atoms with Gasteiger partial charge in [-0.05, 0) is 18.9 Å². The third kappa shape index (κ3) is 2.90. The second-order valence-corrected chi connectivity index (χ2v) is 4.97. The van der Waals surface area contributed by atoms with E-state index in [-0.39, 0.29) is 4.87 Å². The van der Waals surface area contributed by atoms with Gasteiger partial charge in [0.25, 0.3) is 0 Å². The summed E-state index contributed by atoms with van der Waals surface area (Å²) in [6.07, 6.45) is 1.27. The highest BCUT2D eigenvalue weighted by molar-refractivity contribution is 7.07. The monoisotopic (exact) mass is 227 g/mol. The van der Waals surface area contributed by atoms with Gasteiger partial charge in [0, 0.05) is 30.2 Å². The van der Waals surface area contributed by atoms with Crippen LogP contribution in [0.25, 0.3) is 0 Å².